The van der Waals surface area contributed by atoms with Crippen molar-refractivity contribution < 1.29 is 19.0 Å². The van der Waals surface area contributed by atoms with Gasteiger partial charge in [0.25, 0.3) is 0 Å². The topological polar surface area (TPSA) is 46.5 Å². The van der Waals surface area contributed by atoms with Crippen molar-refractivity contribution in [2.75, 3.05) is 7.11 Å². The molecule has 0 bridgehead atoms. The molecule has 1 rings (SSSR count). The third-order valence-corrected chi connectivity index (χ3v) is 2.51. The number of methoxy groups -OCH3 is 1. The Morgan fingerprint density at radius 2 is 2.25 bits per heavy atom. The summed E-state index contributed by atoms with van der Waals surface area (Å²) in [5.74, 6) is -2.05. The number of ether oxygens (including phenoxy) is 1. The summed E-state index contributed by atoms with van der Waals surface area (Å²) in [6, 6.07) is 2.87. The molecule has 1 atom stereocenters. The molecule has 0 heterocycles. The van der Waals surface area contributed by atoms with E-state index in [0.29, 0.717) is 5.56 Å². The van der Waals surface area contributed by atoms with Gasteiger partial charge in [-0.2, -0.15) is 0 Å². The van der Waals surface area contributed by atoms with Gasteiger partial charge in [0.15, 0.2) is 11.6 Å². The first-order valence-electron chi connectivity index (χ1n) is 4.70. The van der Waals surface area contributed by atoms with E-state index < -0.39 is 17.7 Å². The quantitative estimate of drug-likeness (QED) is 0.889. The van der Waals surface area contributed by atoms with E-state index in [1.54, 1.807) is 6.92 Å². The molecule has 0 fully saturated rings. The largest absolute Gasteiger partial charge is 0.494 e. The molecule has 0 saturated carbocycles. The molecule has 0 spiro atoms. The maximum atomic E-state index is 13.3. The lowest BCUT2D eigenvalue weighted by molar-refractivity contribution is -0.141. The third kappa shape index (κ3) is 2.85. The molecule has 0 radical (unpaired) electrons. The van der Waals surface area contributed by atoms with Crippen molar-refractivity contribution in [2.24, 2.45) is 5.92 Å². The number of aliphatic carboxylic acids is 1. The van der Waals surface area contributed by atoms with E-state index in [0.717, 1.165) is 0 Å². The highest BCUT2D eigenvalue weighted by Crippen LogP contribution is 2.27. The lowest BCUT2D eigenvalue weighted by Crippen LogP contribution is -2.12. The van der Waals surface area contributed by atoms with Gasteiger partial charge in [0.1, 0.15) is 0 Å². The van der Waals surface area contributed by atoms with Gasteiger partial charge in [0.05, 0.1) is 18.1 Å². The van der Waals surface area contributed by atoms with Crippen molar-refractivity contribution >= 4 is 17.6 Å². The Labute approximate surface area is 97.8 Å². The van der Waals surface area contributed by atoms with Crippen LogP contribution in [0.3, 0.4) is 0 Å². The fraction of sp³-hybridized carbons (Fsp3) is 0.364. The Kier molecular flexibility index (Phi) is 4.12. The SMILES string of the molecule is COc1cc(CC(C)C(=O)O)cc(Cl)c1F. The summed E-state index contributed by atoms with van der Waals surface area (Å²) < 4.78 is 18.1. The zero-order chi connectivity index (χ0) is 12.3. The second-order valence-corrected chi connectivity index (χ2v) is 3.94. The van der Waals surface area contributed by atoms with Crippen LogP contribution in [0.1, 0.15) is 12.5 Å². The van der Waals surface area contributed by atoms with Crippen LogP contribution >= 0.6 is 11.6 Å². The standard InChI is InChI=1S/C11H12ClFO3/c1-6(11(14)15)3-7-4-8(12)10(13)9(5-7)16-2/h4-6H,3H2,1-2H3,(H,14,15). The molecule has 1 aromatic carbocycles. The number of rotatable bonds is 4. The van der Waals surface area contributed by atoms with Crippen molar-refractivity contribution in [2.45, 2.75) is 13.3 Å². The summed E-state index contributed by atoms with van der Waals surface area (Å²) in [4.78, 5) is 10.7. The summed E-state index contributed by atoms with van der Waals surface area (Å²) >= 11 is 5.66. The maximum absolute atomic E-state index is 13.3. The smallest absolute Gasteiger partial charge is 0.306 e. The first-order valence-corrected chi connectivity index (χ1v) is 5.08. The Bertz CT molecular complexity index is 406. The first-order chi connectivity index (χ1) is 7.45. The highest BCUT2D eigenvalue weighted by atomic mass is 35.5. The van der Waals surface area contributed by atoms with Crippen LogP contribution in [0.25, 0.3) is 0 Å². The van der Waals surface area contributed by atoms with Crippen molar-refractivity contribution in [3.05, 3.63) is 28.5 Å². The van der Waals surface area contributed by atoms with Gasteiger partial charge in [-0.1, -0.05) is 18.5 Å². The van der Waals surface area contributed by atoms with Crippen molar-refractivity contribution in [1.29, 1.82) is 0 Å². The lowest BCUT2D eigenvalue weighted by atomic mass is 10.0. The number of hydrogen-bond acceptors (Lipinski definition) is 2. The zero-order valence-corrected chi connectivity index (χ0v) is 9.71. The van der Waals surface area contributed by atoms with E-state index in [-0.39, 0.29) is 17.2 Å². The second-order valence-electron chi connectivity index (χ2n) is 3.54. The number of halogens is 2. The highest BCUT2D eigenvalue weighted by molar-refractivity contribution is 6.31. The van der Waals surface area contributed by atoms with Gasteiger partial charge in [0, 0.05) is 0 Å². The Balaban J connectivity index is 2.98. The number of benzene rings is 1. The minimum absolute atomic E-state index is 0.0279. The van der Waals surface area contributed by atoms with Crippen LogP contribution in [-0.4, -0.2) is 18.2 Å². The number of hydrogen-bond donors (Lipinski definition) is 1. The summed E-state index contributed by atoms with van der Waals surface area (Å²) in [7, 11) is 1.33. The monoisotopic (exact) mass is 246 g/mol. The molecule has 16 heavy (non-hydrogen) atoms. The van der Waals surface area contributed by atoms with Gasteiger partial charge in [0.2, 0.25) is 0 Å². The maximum Gasteiger partial charge on any atom is 0.306 e. The normalized spacial score (nSPS) is 12.2. The Morgan fingerprint density at radius 3 is 2.75 bits per heavy atom. The number of carboxylic acids is 1. The molecule has 5 heteroatoms. The number of carbonyl (C=O) groups is 1. The zero-order valence-electron chi connectivity index (χ0n) is 8.96. The van der Waals surface area contributed by atoms with Crippen molar-refractivity contribution in [3.8, 4) is 5.75 Å². The van der Waals surface area contributed by atoms with E-state index in [9.17, 15) is 9.18 Å². The highest BCUT2D eigenvalue weighted by Gasteiger charge is 2.15. The molecule has 1 aromatic rings. The van der Waals surface area contributed by atoms with Gasteiger partial charge in [-0.15, -0.1) is 0 Å². The molecule has 88 valence electrons. The predicted octanol–water partition coefficient (Wildman–Crippen LogP) is 2.75. The molecule has 0 aliphatic carbocycles. The Hall–Kier alpha value is -1.29. The summed E-state index contributed by atoms with van der Waals surface area (Å²) in [6.45, 7) is 1.58. The molecular formula is C11H12ClFO3. The molecule has 0 saturated heterocycles. The minimum atomic E-state index is -0.903. The van der Waals surface area contributed by atoms with Gasteiger partial charge in [-0.25, -0.2) is 4.39 Å². The molecular weight excluding hydrogens is 235 g/mol. The van der Waals surface area contributed by atoms with E-state index in [1.165, 1.54) is 19.2 Å². The average molecular weight is 247 g/mol. The molecule has 0 aromatic heterocycles. The van der Waals surface area contributed by atoms with Crippen LogP contribution < -0.4 is 4.74 Å². The van der Waals surface area contributed by atoms with Crippen LogP contribution in [0, 0.1) is 11.7 Å². The van der Waals surface area contributed by atoms with Gasteiger partial charge < -0.3 is 9.84 Å². The van der Waals surface area contributed by atoms with E-state index >= 15 is 0 Å². The van der Waals surface area contributed by atoms with Crippen LogP contribution in [0.4, 0.5) is 4.39 Å². The molecule has 1 N–H and O–H groups in total. The summed E-state index contributed by atoms with van der Waals surface area (Å²) in [6.07, 6.45) is 0.283. The van der Waals surface area contributed by atoms with Crippen molar-refractivity contribution in [1.82, 2.24) is 0 Å². The van der Waals surface area contributed by atoms with E-state index in [2.05, 4.69) is 0 Å². The molecule has 0 aliphatic rings. The van der Waals surface area contributed by atoms with Crippen LogP contribution in [0.5, 0.6) is 5.75 Å². The van der Waals surface area contributed by atoms with Gasteiger partial charge >= 0.3 is 5.97 Å². The van der Waals surface area contributed by atoms with E-state index in [1.807, 2.05) is 0 Å². The van der Waals surface area contributed by atoms with Gasteiger partial charge in [-0.05, 0) is 24.1 Å². The second kappa shape index (κ2) is 5.16. The first kappa shape index (κ1) is 12.8. The van der Waals surface area contributed by atoms with Crippen molar-refractivity contribution in [3.63, 3.8) is 0 Å². The van der Waals surface area contributed by atoms with Gasteiger partial charge in [-0.3, -0.25) is 4.79 Å². The van der Waals surface area contributed by atoms with Crippen LogP contribution in [-0.2, 0) is 11.2 Å². The summed E-state index contributed by atoms with van der Waals surface area (Å²) in [5, 5.41) is 8.69. The molecule has 3 nitrogen and oxygen atoms in total. The molecule has 0 aliphatic heterocycles. The third-order valence-electron chi connectivity index (χ3n) is 2.24. The fourth-order valence-corrected chi connectivity index (χ4v) is 1.56. The minimum Gasteiger partial charge on any atom is -0.494 e. The average Bonchev–Trinajstić information content (AvgIpc) is 2.22. The lowest BCUT2D eigenvalue weighted by Gasteiger charge is -2.09. The summed E-state index contributed by atoms with van der Waals surface area (Å²) in [5.41, 5.74) is 0.637. The van der Waals surface area contributed by atoms with E-state index in [4.69, 9.17) is 21.4 Å². The van der Waals surface area contributed by atoms with Crippen LogP contribution in [0.2, 0.25) is 5.02 Å². The fourth-order valence-electron chi connectivity index (χ4n) is 1.32. The molecule has 0 amide bonds. The molecule has 1 unspecified atom stereocenters. The predicted molar refractivity (Wildman–Crippen MR) is 58.5 cm³/mol. The Morgan fingerprint density at radius 1 is 1.62 bits per heavy atom. The van der Waals surface area contributed by atoms with Crippen LogP contribution in [0.15, 0.2) is 12.1 Å². The number of carboxylic acid groups (broad SMARTS) is 1.